The highest BCUT2D eigenvalue weighted by Crippen LogP contribution is 2.17. The second-order valence-electron chi connectivity index (χ2n) is 12.8. The van der Waals surface area contributed by atoms with Gasteiger partial charge in [-0.15, -0.1) is 0 Å². The Kier molecular flexibility index (Phi) is 20.3. The predicted molar refractivity (Wildman–Crippen MR) is 196 cm³/mol. The van der Waals surface area contributed by atoms with Gasteiger partial charge in [0.2, 0.25) is 23.6 Å². The number of carbonyl (C=O) groups excluding carboxylic acids is 8. The van der Waals surface area contributed by atoms with Gasteiger partial charge >= 0.3 is 47.8 Å². The first-order valence-corrected chi connectivity index (χ1v) is 17.4. The predicted octanol–water partition coefficient (Wildman–Crippen LogP) is -5.54. The summed E-state index contributed by atoms with van der Waals surface area (Å²) in [6.45, 7) is 0. The highest BCUT2D eigenvalue weighted by atomic mass is 16.4. The molecule has 0 aliphatic carbocycles. The molecule has 346 valence electrons. The van der Waals surface area contributed by atoms with Gasteiger partial charge in [0.1, 0.15) is 36.3 Å². The van der Waals surface area contributed by atoms with Crippen LogP contribution in [0, 0.1) is 0 Å². The normalized spacial score (nSPS) is 13.2. The maximum Gasteiger partial charge on any atom is 0.326 e. The topological polar surface area (TPSA) is 507 Å². The van der Waals surface area contributed by atoms with E-state index in [1.165, 1.54) is 0 Å². The summed E-state index contributed by atoms with van der Waals surface area (Å²) in [5.74, 6) is -23.9. The average Bonchev–Trinajstić information content (AvgIpc) is 3.17. The van der Waals surface area contributed by atoms with Crippen molar-refractivity contribution < 1.29 is 118 Å². The molecule has 1 rings (SSSR count). The van der Waals surface area contributed by atoms with Gasteiger partial charge in [0.15, 0.2) is 12.6 Å². The van der Waals surface area contributed by atoms with Gasteiger partial charge in [0.05, 0.1) is 49.7 Å². The first-order valence-electron chi connectivity index (χ1n) is 17.4. The summed E-state index contributed by atoms with van der Waals surface area (Å²) in [5.41, 5.74) is -3.40. The molecule has 0 aliphatic heterocycles. The van der Waals surface area contributed by atoms with E-state index in [1.807, 2.05) is 10.6 Å². The number of hydrogen-bond donors (Lipinski definition) is 14. The second-order valence-corrected chi connectivity index (χ2v) is 12.8. The molecule has 0 radical (unpaired) electrons. The van der Waals surface area contributed by atoms with E-state index in [0.717, 1.165) is 0 Å². The van der Waals surface area contributed by atoms with Crippen LogP contribution in [-0.2, 0) is 57.5 Å². The van der Waals surface area contributed by atoms with Crippen molar-refractivity contribution in [1.82, 2.24) is 31.9 Å². The number of nitrogens with one attached hydrogen (secondary N) is 6. The maximum atomic E-state index is 13.4. The number of rotatable bonds is 28. The van der Waals surface area contributed by atoms with Gasteiger partial charge in [-0.2, -0.15) is 0 Å². The third-order valence-electron chi connectivity index (χ3n) is 7.98. The van der Waals surface area contributed by atoms with Gasteiger partial charge in [-0.25, -0.2) is 9.59 Å². The van der Waals surface area contributed by atoms with Crippen LogP contribution in [0.25, 0.3) is 0 Å². The van der Waals surface area contributed by atoms with Crippen molar-refractivity contribution in [2.24, 2.45) is 0 Å². The number of carbonyl (C=O) groups is 16. The van der Waals surface area contributed by atoms with Crippen LogP contribution in [0.1, 0.15) is 80.0 Å². The van der Waals surface area contributed by atoms with Crippen LogP contribution >= 0.6 is 0 Å². The Bertz CT molecular complexity index is 1990. The number of carboxylic acids is 8. The van der Waals surface area contributed by atoms with Crippen molar-refractivity contribution in [3.8, 4) is 0 Å². The van der Waals surface area contributed by atoms with Crippen molar-refractivity contribution in [1.29, 1.82) is 0 Å². The molecule has 1 aromatic rings. The number of hydrogen-bond acceptors (Lipinski definition) is 16. The molecule has 1 aromatic carbocycles. The van der Waals surface area contributed by atoms with Gasteiger partial charge in [0, 0.05) is 11.1 Å². The first-order chi connectivity index (χ1) is 29.7. The molecule has 0 bridgehead atoms. The molecular formula is C34H36N6O24. The Balaban J connectivity index is 3.53. The van der Waals surface area contributed by atoms with Crippen LogP contribution in [0.3, 0.4) is 0 Å². The van der Waals surface area contributed by atoms with Crippen LogP contribution in [0.4, 0.5) is 0 Å². The summed E-state index contributed by atoms with van der Waals surface area (Å²) in [6, 6.07) is -12.2. The van der Waals surface area contributed by atoms with Crippen LogP contribution < -0.4 is 31.9 Å². The lowest BCUT2D eigenvalue weighted by Crippen LogP contribution is -2.57. The first kappa shape index (κ1) is 53.2. The summed E-state index contributed by atoms with van der Waals surface area (Å²) in [5, 5.41) is 84.0. The smallest absolute Gasteiger partial charge is 0.326 e. The lowest BCUT2D eigenvalue weighted by molar-refractivity contribution is -0.148. The summed E-state index contributed by atoms with van der Waals surface area (Å²) < 4.78 is 0. The number of aldehydes is 2. The molecule has 0 unspecified atom stereocenters. The fraction of sp³-hybridized carbons (Fsp3) is 0.353. The minimum atomic E-state index is -2.26. The van der Waals surface area contributed by atoms with Gasteiger partial charge in [-0.3, -0.25) is 67.1 Å². The van der Waals surface area contributed by atoms with Crippen LogP contribution in [-0.4, -0.2) is 173 Å². The van der Waals surface area contributed by atoms with E-state index in [9.17, 15) is 107 Å². The van der Waals surface area contributed by atoms with E-state index >= 15 is 0 Å². The zero-order chi connectivity index (χ0) is 49.2. The van der Waals surface area contributed by atoms with Crippen LogP contribution in [0.5, 0.6) is 0 Å². The molecule has 0 aromatic heterocycles. The maximum absolute atomic E-state index is 13.4. The van der Waals surface area contributed by atoms with E-state index in [4.69, 9.17) is 10.2 Å². The van der Waals surface area contributed by atoms with Crippen molar-refractivity contribution >= 4 is 95.8 Å². The van der Waals surface area contributed by atoms with Gasteiger partial charge in [0.25, 0.3) is 11.8 Å². The van der Waals surface area contributed by atoms with E-state index in [0.29, 0.717) is 12.1 Å². The third kappa shape index (κ3) is 17.4. The van der Waals surface area contributed by atoms with Crippen LogP contribution in [0.2, 0.25) is 0 Å². The molecule has 0 spiro atoms. The van der Waals surface area contributed by atoms with Crippen molar-refractivity contribution in [3.05, 3.63) is 34.4 Å². The summed E-state index contributed by atoms with van der Waals surface area (Å²) >= 11 is 0. The average molecular weight is 913 g/mol. The van der Waals surface area contributed by atoms with E-state index < -0.39 is 180 Å². The molecule has 64 heavy (non-hydrogen) atoms. The van der Waals surface area contributed by atoms with E-state index in [2.05, 4.69) is 0 Å². The third-order valence-corrected chi connectivity index (χ3v) is 7.98. The van der Waals surface area contributed by atoms with Crippen molar-refractivity contribution in [2.45, 2.75) is 74.8 Å². The van der Waals surface area contributed by atoms with Gasteiger partial charge in [-0.05, 0) is 12.1 Å². The van der Waals surface area contributed by atoms with Crippen molar-refractivity contribution in [2.75, 3.05) is 0 Å². The number of aliphatic carboxylic acids is 8. The zero-order valence-corrected chi connectivity index (χ0v) is 32.1. The van der Waals surface area contributed by atoms with Gasteiger partial charge in [-0.1, -0.05) is 0 Å². The Hall–Kier alpha value is -8.86. The Morgan fingerprint density at radius 2 is 0.562 bits per heavy atom. The molecule has 6 atom stereocenters. The molecule has 0 fully saturated rings. The van der Waals surface area contributed by atoms with Crippen LogP contribution in [0.15, 0.2) is 12.1 Å². The standard InChI is InChI=1S/C34H36N6O24/c41-9-11-1-13(27(55)35-15(3-21(43)44)29(57)37-17(5-23(47)48)31(59)39-19(33(61)62)7-25(51)52)12(10-42)2-14(11)28(56)36-16(4-22(45)46)30(58)38-18(6-24(49)50)32(60)40-20(34(63)64)8-26(53)54/h1-2,9-10,15-20H,3-8H2,(H,35,55)(H,36,56)(H,37,57)(H,38,58)(H,39,59)(H,40,60)(H,43,44)(H,45,46)(H,47,48)(H,49,50)(H,51,52)(H,53,54)(H,61,62)(H,63,64)/t15-,16-,17-,18-,19-,20-/m0/s1. The summed E-state index contributed by atoms with van der Waals surface area (Å²) in [7, 11) is 0. The molecule has 30 heteroatoms. The molecule has 0 saturated heterocycles. The number of carboxylic acid groups (broad SMARTS) is 8. The monoisotopic (exact) mass is 912 g/mol. The Labute approximate surface area is 354 Å². The molecule has 14 N–H and O–H groups in total. The van der Waals surface area contributed by atoms with E-state index in [-0.39, 0.29) is 12.6 Å². The van der Waals surface area contributed by atoms with Crippen molar-refractivity contribution in [3.63, 3.8) is 0 Å². The van der Waals surface area contributed by atoms with Gasteiger partial charge < -0.3 is 72.8 Å². The quantitative estimate of drug-likeness (QED) is 0.0349. The second kappa shape index (κ2) is 24.4. The Morgan fingerprint density at radius 1 is 0.359 bits per heavy atom. The fourth-order valence-electron chi connectivity index (χ4n) is 5.07. The largest absolute Gasteiger partial charge is 0.481 e. The van der Waals surface area contributed by atoms with E-state index in [1.54, 1.807) is 21.3 Å². The molecular weight excluding hydrogens is 876 g/mol. The summed E-state index contributed by atoms with van der Waals surface area (Å²) in [6.07, 6.45) is -7.95. The lowest BCUT2D eigenvalue weighted by Gasteiger charge is -2.23. The number of amides is 6. The zero-order valence-electron chi connectivity index (χ0n) is 32.1. The molecule has 0 heterocycles. The lowest BCUT2D eigenvalue weighted by atomic mass is 9.97. The minimum absolute atomic E-state index is 0.124. The SMILES string of the molecule is O=Cc1cc(C(=O)N[C@@H](CC(=O)O)C(=O)N[C@@H](CC(=O)O)C(=O)N[C@@H](CC(=O)O)C(=O)O)c(C=O)cc1C(=O)N[C@@H](CC(=O)O)C(=O)N[C@@H](CC(=O)O)C(=O)N[C@@H](CC(=O)O)C(=O)O. The Morgan fingerprint density at radius 3 is 0.766 bits per heavy atom. The minimum Gasteiger partial charge on any atom is -0.481 e. The summed E-state index contributed by atoms with van der Waals surface area (Å²) in [4.78, 5) is 193. The number of benzene rings is 1. The fourth-order valence-corrected chi connectivity index (χ4v) is 5.07. The molecule has 30 nitrogen and oxygen atoms in total. The molecule has 6 amide bonds. The molecule has 0 saturated carbocycles. The highest BCUT2D eigenvalue weighted by molar-refractivity contribution is 6.10. The molecule has 0 aliphatic rings. The highest BCUT2D eigenvalue weighted by Gasteiger charge is 2.35.